The Balaban J connectivity index is 1.72. The summed E-state index contributed by atoms with van der Waals surface area (Å²) < 4.78 is 3.71. The maximum Gasteiger partial charge on any atom is 0.240 e. The summed E-state index contributed by atoms with van der Waals surface area (Å²) in [5.74, 6) is 0.872. The zero-order valence-electron chi connectivity index (χ0n) is 13.7. The average Bonchev–Trinajstić information content (AvgIpc) is 3.26. The summed E-state index contributed by atoms with van der Waals surface area (Å²) in [6.07, 6.45) is 8.00. The Bertz CT molecular complexity index is 764. The molecule has 1 unspecified atom stereocenters. The fourth-order valence-corrected chi connectivity index (χ4v) is 2.71. The van der Waals surface area contributed by atoms with E-state index in [-0.39, 0.29) is 18.5 Å². The highest BCUT2D eigenvalue weighted by Gasteiger charge is 2.16. The van der Waals surface area contributed by atoms with E-state index in [1.807, 2.05) is 65.0 Å². The maximum absolute atomic E-state index is 12.5. The van der Waals surface area contributed by atoms with Gasteiger partial charge in [0.05, 0.1) is 12.6 Å². The number of aromatic nitrogens is 4. The Morgan fingerprint density at radius 1 is 1.17 bits per heavy atom. The standard InChI is InChI=1S/C18H21N5O/c1-2-17-19-10-12-22(17)14-18(24)21-16(13-23-11-6-9-20-23)15-7-4-3-5-8-15/h3-12,16H,2,13-14H2,1H3,(H,21,24). The van der Waals surface area contributed by atoms with Crippen molar-refractivity contribution in [2.75, 3.05) is 0 Å². The van der Waals surface area contributed by atoms with Crippen LogP contribution in [-0.4, -0.2) is 25.2 Å². The smallest absolute Gasteiger partial charge is 0.240 e. The third kappa shape index (κ3) is 3.90. The molecule has 3 aromatic rings. The van der Waals surface area contributed by atoms with E-state index in [1.165, 1.54) is 0 Å². The largest absolute Gasteiger partial charge is 0.346 e. The predicted molar refractivity (Wildman–Crippen MR) is 91.2 cm³/mol. The number of aryl methyl sites for hydroxylation is 1. The first-order chi connectivity index (χ1) is 11.8. The minimum atomic E-state index is -0.132. The zero-order chi connectivity index (χ0) is 16.8. The number of benzene rings is 1. The predicted octanol–water partition coefficient (Wildman–Crippen LogP) is 2.20. The Morgan fingerprint density at radius 2 is 2.00 bits per heavy atom. The number of carbonyl (C=O) groups excluding carboxylic acids is 1. The molecule has 3 rings (SSSR count). The minimum Gasteiger partial charge on any atom is -0.346 e. The van der Waals surface area contributed by atoms with E-state index in [0.29, 0.717) is 6.54 Å². The molecule has 0 bridgehead atoms. The van der Waals surface area contributed by atoms with E-state index < -0.39 is 0 Å². The van der Waals surface area contributed by atoms with Gasteiger partial charge >= 0.3 is 0 Å². The van der Waals surface area contributed by atoms with Gasteiger partial charge in [-0.1, -0.05) is 37.3 Å². The molecule has 1 amide bonds. The van der Waals surface area contributed by atoms with Gasteiger partial charge in [-0.2, -0.15) is 5.10 Å². The van der Waals surface area contributed by atoms with Crippen molar-refractivity contribution in [3.63, 3.8) is 0 Å². The van der Waals surface area contributed by atoms with Gasteiger partial charge in [0.2, 0.25) is 5.91 Å². The topological polar surface area (TPSA) is 64.7 Å². The van der Waals surface area contributed by atoms with Gasteiger partial charge in [-0.3, -0.25) is 9.48 Å². The van der Waals surface area contributed by atoms with E-state index in [0.717, 1.165) is 17.8 Å². The number of amides is 1. The first kappa shape index (κ1) is 16.0. The van der Waals surface area contributed by atoms with Crippen LogP contribution in [0.3, 0.4) is 0 Å². The van der Waals surface area contributed by atoms with Crippen LogP contribution in [0.4, 0.5) is 0 Å². The van der Waals surface area contributed by atoms with Crippen molar-refractivity contribution in [1.29, 1.82) is 0 Å². The van der Waals surface area contributed by atoms with Gasteiger partial charge in [0.1, 0.15) is 12.4 Å². The first-order valence-electron chi connectivity index (χ1n) is 8.08. The molecule has 124 valence electrons. The van der Waals surface area contributed by atoms with E-state index >= 15 is 0 Å². The van der Waals surface area contributed by atoms with Gasteiger partial charge in [0, 0.05) is 31.2 Å². The van der Waals surface area contributed by atoms with Gasteiger partial charge in [-0.05, 0) is 11.6 Å². The van der Waals surface area contributed by atoms with E-state index in [4.69, 9.17) is 0 Å². The average molecular weight is 323 g/mol. The van der Waals surface area contributed by atoms with Crippen molar-refractivity contribution in [1.82, 2.24) is 24.6 Å². The Hall–Kier alpha value is -2.89. The van der Waals surface area contributed by atoms with Crippen molar-refractivity contribution in [3.05, 3.63) is 72.6 Å². The minimum absolute atomic E-state index is 0.0382. The van der Waals surface area contributed by atoms with Crippen molar-refractivity contribution in [3.8, 4) is 0 Å². The molecule has 6 heteroatoms. The van der Waals surface area contributed by atoms with E-state index in [1.54, 1.807) is 12.4 Å². The van der Waals surface area contributed by atoms with Crippen LogP contribution in [-0.2, 0) is 24.3 Å². The summed E-state index contributed by atoms with van der Waals surface area (Å²) in [5.41, 5.74) is 1.06. The lowest BCUT2D eigenvalue weighted by molar-refractivity contribution is -0.122. The lowest BCUT2D eigenvalue weighted by Crippen LogP contribution is -2.34. The number of imidazole rings is 1. The number of carbonyl (C=O) groups is 1. The Morgan fingerprint density at radius 3 is 2.71 bits per heavy atom. The number of hydrogen-bond donors (Lipinski definition) is 1. The summed E-state index contributed by atoms with van der Waals surface area (Å²) in [5, 5.41) is 7.35. The second-order valence-electron chi connectivity index (χ2n) is 5.58. The third-order valence-electron chi connectivity index (χ3n) is 3.90. The van der Waals surface area contributed by atoms with E-state index in [9.17, 15) is 4.79 Å². The summed E-state index contributed by atoms with van der Waals surface area (Å²) in [4.78, 5) is 16.8. The summed E-state index contributed by atoms with van der Waals surface area (Å²) in [6.45, 7) is 2.89. The molecule has 0 radical (unpaired) electrons. The molecule has 0 saturated heterocycles. The van der Waals surface area contributed by atoms with Crippen molar-refractivity contribution < 1.29 is 4.79 Å². The molecule has 1 N–H and O–H groups in total. The highest BCUT2D eigenvalue weighted by Crippen LogP contribution is 2.15. The molecule has 0 spiro atoms. The lowest BCUT2D eigenvalue weighted by Gasteiger charge is -2.20. The maximum atomic E-state index is 12.5. The normalized spacial score (nSPS) is 12.0. The molecule has 0 aliphatic rings. The molecule has 2 heterocycles. The molecule has 2 aromatic heterocycles. The molecular formula is C18H21N5O. The van der Waals surface area contributed by atoms with Crippen LogP contribution >= 0.6 is 0 Å². The van der Waals surface area contributed by atoms with Crippen LogP contribution in [0.2, 0.25) is 0 Å². The number of nitrogens with one attached hydrogen (secondary N) is 1. The molecule has 0 aliphatic carbocycles. The van der Waals surface area contributed by atoms with Crippen LogP contribution in [0.15, 0.2) is 61.2 Å². The van der Waals surface area contributed by atoms with Crippen LogP contribution < -0.4 is 5.32 Å². The fourth-order valence-electron chi connectivity index (χ4n) is 2.71. The zero-order valence-corrected chi connectivity index (χ0v) is 13.7. The molecular weight excluding hydrogens is 302 g/mol. The molecule has 6 nitrogen and oxygen atoms in total. The van der Waals surface area contributed by atoms with Crippen molar-refractivity contribution in [2.45, 2.75) is 32.5 Å². The van der Waals surface area contributed by atoms with Crippen LogP contribution in [0.5, 0.6) is 0 Å². The number of rotatable bonds is 7. The Labute approximate surface area is 141 Å². The first-order valence-corrected chi connectivity index (χ1v) is 8.08. The van der Waals surface area contributed by atoms with Gasteiger partial charge < -0.3 is 9.88 Å². The quantitative estimate of drug-likeness (QED) is 0.725. The highest BCUT2D eigenvalue weighted by atomic mass is 16.2. The van der Waals surface area contributed by atoms with Gasteiger partial charge in [0.15, 0.2) is 0 Å². The van der Waals surface area contributed by atoms with Gasteiger partial charge in [-0.15, -0.1) is 0 Å². The number of hydrogen-bond acceptors (Lipinski definition) is 3. The molecule has 0 saturated carbocycles. The molecule has 24 heavy (non-hydrogen) atoms. The van der Waals surface area contributed by atoms with E-state index in [2.05, 4.69) is 15.4 Å². The molecule has 1 atom stereocenters. The second-order valence-corrected chi connectivity index (χ2v) is 5.58. The third-order valence-corrected chi connectivity index (χ3v) is 3.90. The Kier molecular flexibility index (Phi) is 5.05. The van der Waals surface area contributed by atoms with Crippen molar-refractivity contribution in [2.24, 2.45) is 0 Å². The highest BCUT2D eigenvalue weighted by molar-refractivity contribution is 5.76. The van der Waals surface area contributed by atoms with Crippen LogP contribution in [0.1, 0.15) is 24.4 Å². The molecule has 1 aromatic carbocycles. The molecule has 0 aliphatic heterocycles. The van der Waals surface area contributed by atoms with Crippen LogP contribution in [0, 0.1) is 0 Å². The second kappa shape index (κ2) is 7.59. The fraction of sp³-hybridized carbons (Fsp3) is 0.278. The lowest BCUT2D eigenvalue weighted by atomic mass is 10.1. The summed E-state index contributed by atoms with van der Waals surface area (Å²) >= 11 is 0. The monoisotopic (exact) mass is 323 g/mol. The molecule has 0 fully saturated rings. The SMILES string of the molecule is CCc1nccn1CC(=O)NC(Cn1cccn1)c1ccccc1. The summed E-state index contributed by atoms with van der Waals surface area (Å²) in [7, 11) is 0. The van der Waals surface area contributed by atoms with Gasteiger partial charge in [0.25, 0.3) is 0 Å². The summed E-state index contributed by atoms with van der Waals surface area (Å²) in [6, 6.07) is 11.7. The van der Waals surface area contributed by atoms with Crippen LogP contribution in [0.25, 0.3) is 0 Å². The van der Waals surface area contributed by atoms with Crippen molar-refractivity contribution >= 4 is 5.91 Å². The van der Waals surface area contributed by atoms with Gasteiger partial charge in [-0.25, -0.2) is 4.98 Å². The number of nitrogens with zero attached hydrogens (tertiary/aromatic N) is 4.